The predicted octanol–water partition coefficient (Wildman–Crippen LogP) is 3.43. The molecule has 1 N–H and O–H groups in total. The van der Waals surface area contributed by atoms with Crippen molar-refractivity contribution in [3.8, 4) is 5.75 Å². The molecule has 0 saturated carbocycles. The summed E-state index contributed by atoms with van der Waals surface area (Å²) in [7, 11) is 1.62. The monoisotopic (exact) mass is 335 g/mol. The number of hydrogen-bond acceptors (Lipinski definition) is 3. The van der Waals surface area contributed by atoms with E-state index < -0.39 is 0 Å². The number of hydrogen-bond donors (Lipinski definition) is 1. The van der Waals surface area contributed by atoms with E-state index in [1.165, 1.54) is 5.56 Å². The summed E-state index contributed by atoms with van der Waals surface area (Å²) in [6.07, 6.45) is 0.300. The zero-order valence-electron chi connectivity index (χ0n) is 14.4. The number of carbonyl (C=O) groups excluding carboxylic acids is 1. The molecule has 0 saturated heterocycles. The summed E-state index contributed by atoms with van der Waals surface area (Å²) >= 11 is 0. The number of aryl methyl sites for hydroxylation is 1. The van der Waals surface area contributed by atoms with Crippen molar-refractivity contribution in [2.75, 3.05) is 12.4 Å². The lowest BCUT2D eigenvalue weighted by Crippen LogP contribution is -2.15. The lowest BCUT2D eigenvalue weighted by molar-refractivity contribution is -0.115. The summed E-state index contributed by atoms with van der Waals surface area (Å²) < 4.78 is 7.01. The number of nitrogens with zero attached hydrogens (tertiary/aromatic N) is 2. The smallest absolute Gasteiger partial charge is 0.229 e. The number of anilines is 1. The Labute approximate surface area is 147 Å². The van der Waals surface area contributed by atoms with Crippen molar-refractivity contribution in [2.45, 2.75) is 19.9 Å². The minimum absolute atomic E-state index is 0.0884. The van der Waals surface area contributed by atoms with E-state index >= 15 is 0 Å². The average Bonchev–Trinajstić information content (AvgIpc) is 2.95. The van der Waals surface area contributed by atoms with E-state index in [9.17, 15) is 4.79 Å². The number of ether oxygens (including phenoxy) is 1. The molecule has 5 heteroatoms. The van der Waals surface area contributed by atoms with Gasteiger partial charge in [-0.2, -0.15) is 5.10 Å². The normalized spacial score (nSPS) is 10.5. The van der Waals surface area contributed by atoms with Crippen molar-refractivity contribution in [3.05, 3.63) is 77.5 Å². The SMILES string of the molecule is COc1ccc(CC(=O)Nc2cc(C)n(Cc3ccccc3)n2)cc1. The van der Waals surface area contributed by atoms with Crippen LogP contribution >= 0.6 is 0 Å². The Bertz CT molecular complexity index is 839. The Morgan fingerprint density at radius 1 is 1.08 bits per heavy atom. The first kappa shape index (κ1) is 16.8. The highest BCUT2D eigenvalue weighted by Crippen LogP contribution is 2.14. The maximum absolute atomic E-state index is 12.2. The second-order valence-electron chi connectivity index (χ2n) is 5.89. The van der Waals surface area contributed by atoms with Crippen LogP contribution in [0.15, 0.2) is 60.7 Å². The van der Waals surface area contributed by atoms with E-state index in [2.05, 4.69) is 22.5 Å². The number of aromatic nitrogens is 2. The van der Waals surface area contributed by atoms with Gasteiger partial charge in [-0.3, -0.25) is 9.48 Å². The van der Waals surface area contributed by atoms with Gasteiger partial charge in [0.1, 0.15) is 5.75 Å². The van der Waals surface area contributed by atoms with Gasteiger partial charge in [-0.1, -0.05) is 42.5 Å². The third-order valence-corrected chi connectivity index (χ3v) is 3.95. The molecule has 0 atom stereocenters. The predicted molar refractivity (Wildman–Crippen MR) is 97.8 cm³/mol. The molecule has 1 aromatic heterocycles. The number of nitrogens with one attached hydrogen (secondary N) is 1. The molecular formula is C20H21N3O2. The molecule has 0 fully saturated rings. The zero-order chi connectivity index (χ0) is 17.6. The average molecular weight is 335 g/mol. The highest BCUT2D eigenvalue weighted by atomic mass is 16.5. The molecule has 0 radical (unpaired) electrons. The molecule has 128 valence electrons. The Kier molecular flexibility index (Phi) is 5.14. The van der Waals surface area contributed by atoms with Crippen molar-refractivity contribution in [1.82, 2.24) is 9.78 Å². The number of rotatable bonds is 6. The third-order valence-electron chi connectivity index (χ3n) is 3.95. The first-order valence-electron chi connectivity index (χ1n) is 8.15. The first-order valence-corrected chi connectivity index (χ1v) is 8.15. The Hall–Kier alpha value is -3.08. The van der Waals surface area contributed by atoms with E-state index in [-0.39, 0.29) is 5.91 Å². The highest BCUT2D eigenvalue weighted by Gasteiger charge is 2.09. The number of benzene rings is 2. The standard InChI is InChI=1S/C20H21N3O2/c1-15-12-19(22-23(15)14-17-6-4-3-5-7-17)21-20(24)13-16-8-10-18(25-2)11-9-16/h3-12H,13-14H2,1-2H3,(H,21,22,24). The van der Waals surface area contributed by atoms with E-state index in [4.69, 9.17) is 4.74 Å². The van der Waals surface area contributed by atoms with Crippen LogP contribution in [0.1, 0.15) is 16.8 Å². The quantitative estimate of drug-likeness (QED) is 0.751. The first-order chi connectivity index (χ1) is 12.1. The molecule has 0 aliphatic heterocycles. The van der Waals surface area contributed by atoms with Crippen LogP contribution in [0.25, 0.3) is 0 Å². The lowest BCUT2D eigenvalue weighted by atomic mass is 10.1. The summed E-state index contributed by atoms with van der Waals surface area (Å²) in [5.41, 5.74) is 3.10. The van der Waals surface area contributed by atoms with Gasteiger partial charge in [0.05, 0.1) is 20.1 Å². The zero-order valence-corrected chi connectivity index (χ0v) is 14.4. The van der Waals surface area contributed by atoms with Crippen molar-refractivity contribution >= 4 is 11.7 Å². The van der Waals surface area contributed by atoms with Gasteiger partial charge in [-0.25, -0.2) is 0 Å². The maximum Gasteiger partial charge on any atom is 0.229 e. The van der Waals surface area contributed by atoms with Crippen LogP contribution in [0, 0.1) is 6.92 Å². The largest absolute Gasteiger partial charge is 0.497 e. The lowest BCUT2D eigenvalue weighted by Gasteiger charge is -2.05. The van der Waals surface area contributed by atoms with Crippen LogP contribution in [0.4, 0.5) is 5.82 Å². The number of methoxy groups -OCH3 is 1. The van der Waals surface area contributed by atoms with Gasteiger partial charge in [-0.05, 0) is 30.2 Å². The van der Waals surface area contributed by atoms with Crippen LogP contribution in [-0.4, -0.2) is 22.8 Å². The van der Waals surface area contributed by atoms with E-state index in [0.717, 1.165) is 17.0 Å². The van der Waals surface area contributed by atoms with Crippen LogP contribution in [0.5, 0.6) is 5.75 Å². The maximum atomic E-state index is 12.2. The summed E-state index contributed by atoms with van der Waals surface area (Å²) in [6.45, 7) is 2.66. The van der Waals surface area contributed by atoms with Gasteiger partial charge in [0.2, 0.25) is 5.91 Å². The molecule has 2 aromatic carbocycles. The van der Waals surface area contributed by atoms with E-state index in [1.807, 2.05) is 60.1 Å². The molecular weight excluding hydrogens is 314 g/mol. The number of amides is 1. The van der Waals surface area contributed by atoms with E-state index in [1.54, 1.807) is 7.11 Å². The van der Waals surface area contributed by atoms with Gasteiger partial charge in [0.15, 0.2) is 5.82 Å². The summed E-state index contributed by atoms with van der Waals surface area (Å²) in [5.74, 6) is 1.26. The van der Waals surface area contributed by atoms with Crippen LogP contribution in [-0.2, 0) is 17.8 Å². The summed E-state index contributed by atoms with van der Waals surface area (Å²) in [6, 6.07) is 19.5. The van der Waals surface area contributed by atoms with Crippen molar-refractivity contribution in [2.24, 2.45) is 0 Å². The second kappa shape index (κ2) is 7.66. The fourth-order valence-corrected chi connectivity index (χ4v) is 2.60. The Morgan fingerprint density at radius 3 is 2.48 bits per heavy atom. The van der Waals surface area contributed by atoms with Crippen LogP contribution in [0.3, 0.4) is 0 Å². The second-order valence-corrected chi connectivity index (χ2v) is 5.89. The number of carbonyl (C=O) groups is 1. The van der Waals surface area contributed by atoms with Gasteiger partial charge < -0.3 is 10.1 Å². The molecule has 0 aliphatic rings. The molecule has 3 rings (SSSR count). The van der Waals surface area contributed by atoms with Crippen LogP contribution < -0.4 is 10.1 Å². The topological polar surface area (TPSA) is 56.1 Å². The van der Waals surface area contributed by atoms with Crippen molar-refractivity contribution in [1.29, 1.82) is 0 Å². The molecule has 25 heavy (non-hydrogen) atoms. The molecule has 0 bridgehead atoms. The van der Waals surface area contributed by atoms with Gasteiger partial charge in [0, 0.05) is 11.8 Å². The molecule has 0 unspecified atom stereocenters. The highest BCUT2D eigenvalue weighted by molar-refractivity contribution is 5.91. The molecule has 1 amide bonds. The fraction of sp³-hybridized carbons (Fsp3) is 0.200. The van der Waals surface area contributed by atoms with Gasteiger partial charge >= 0.3 is 0 Å². The van der Waals surface area contributed by atoms with Gasteiger partial charge in [0.25, 0.3) is 0 Å². The van der Waals surface area contributed by atoms with E-state index in [0.29, 0.717) is 18.8 Å². The molecule has 5 nitrogen and oxygen atoms in total. The molecule has 0 spiro atoms. The minimum Gasteiger partial charge on any atom is -0.497 e. The molecule has 1 heterocycles. The van der Waals surface area contributed by atoms with Crippen molar-refractivity contribution < 1.29 is 9.53 Å². The van der Waals surface area contributed by atoms with Gasteiger partial charge in [-0.15, -0.1) is 0 Å². The summed E-state index contributed by atoms with van der Waals surface area (Å²) in [5, 5.41) is 7.34. The van der Waals surface area contributed by atoms with Crippen molar-refractivity contribution in [3.63, 3.8) is 0 Å². The van der Waals surface area contributed by atoms with Crippen LogP contribution in [0.2, 0.25) is 0 Å². The molecule has 3 aromatic rings. The Morgan fingerprint density at radius 2 is 1.80 bits per heavy atom. The third kappa shape index (κ3) is 4.47. The fourth-order valence-electron chi connectivity index (χ4n) is 2.60. The summed E-state index contributed by atoms with van der Waals surface area (Å²) in [4.78, 5) is 12.2. The molecule has 0 aliphatic carbocycles. The minimum atomic E-state index is -0.0884. The Balaban J connectivity index is 1.62.